The van der Waals surface area contributed by atoms with E-state index in [1.165, 1.54) is 0 Å². The Balaban J connectivity index is 1.74. The second-order valence-electron chi connectivity index (χ2n) is 8.08. The lowest BCUT2D eigenvalue weighted by molar-refractivity contribution is 0.388. The highest BCUT2D eigenvalue weighted by atomic mass is 16.5. The van der Waals surface area contributed by atoms with Crippen LogP contribution in [-0.4, -0.2) is 40.9 Å². The maximum atomic E-state index is 6.46. The average Bonchev–Trinajstić information content (AvgIpc) is 3.27. The van der Waals surface area contributed by atoms with Gasteiger partial charge in [-0.1, -0.05) is 30.3 Å². The first-order valence-electron chi connectivity index (χ1n) is 10.8. The summed E-state index contributed by atoms with van der Waals surface area (Å²) in [5.41, 5.74) is 3.36. The van der Waals surface area contributed by atoms with Crippen LogP contribution in [-0.2, 0) is 0 Å². The van der Waals surface area contributed by atoms with Gasteiger partial charge in [0.1, 0.15) is 35.1 Å². The minimum absolute atomic E-state index is 0.294. The number of fused-ring (bicyclic) bond motifs is 6. The summed E-state index contributed by atoms with van der Waals surface area (Å²) in [6, 6.07) is 15.9. The molecule has 170 valence electrons. The van der Waals surface area contributed by atoms with E-state index < -0.39 is 0 Å². The second kappa shape index (κ2) is 7.62. The van der Waals surface area contributed by atoms with Crippen LogP contribution in [0.1, 0.15) is 28.4 Å². The van der Waals surface area contributed by atoms with Crippen molar-refractivity contribution in [1.82, 2.24) is 19.6 Å². The molecule has 1 aliphatic heterocycles. The molecule has 6 rings (SSSR count). The first-order chi connectivity index (χ1) is 16.6. The average molecular weight is 454 g/mol. The van der Waals surface area contributed by atoms with E-state index in [2.05, 4.69) is 10.1 Å². The summed E-state index contributed by atoms with van der Waals surface area (Å²) in [5, 5.41) is 6.38. The first-order valence-corrected chi connectivity index (χ1v) is 10.8. The smallest absolute Gasteiger partial charge is 0.228 e. The number of benzene rings is 3. The highest BCUT2D eigenvalue weighted by Crippen LogP contribution is 2.53. The topological polar surface area (TPSA) is 80.0 Å². The summed E-state index contributed by atoms with van der Waals surface area (Å²) in [5.74, 6) is 3.74. The van der Waals surface area contributed by atoms with Crippen LogP contribution in [0.4, 0.5) is 0 Å². The molecule has 34 heavy (non-hydrogen) atoms. The minimum atomic E-state index is -0.294. The highest BCUT2D eigenvalue weighted by Gasteiger charge is 2.36. The Morgan fingerprint density at radius 2 is 1.68 bits per heavy atom. The fourth-order valence-corrected chi connectivity index (χ4v) is 4.77. The van der Waals surface area contributed by atoms with Crippen molar-refractivity contribution < 1.29 is 18.9 Å². The zero-order valence-electron chi connectivity index (χ0n) is 19.2. The second-order valence-corrected chi connectivity index (χ2v) is 8.08. The summed E-state index contributed by atoms with van der Waals surface area (Å²) in [6.07, 6.45) is 1.63. The molecule has 0 saturated heterocycles. The fourth-order valence-electron chi connectivity index (χ4n) is 4.77. The molecule has 8 nitrogen and oxygen atoms in total. The van der Waals surface area contributed by atoms with Gasteiger partial charge in [0.2, 0.25) is 5.88 Å². The van der Waals surface area contributed by atoms with Crippen LogP contribution < -0.4 is 18.9 Å². The summed E-state index contributed by atoms with van der Waals surface area (Å²) < 4.78 is 25.2. The Morgan fingerprint density at radius 3 is 2.44 bits per heavy atom. The van der Waals surface area contributed by atoms with Gasteiger partial charge < -0.3 is 18.9 Å². The summed E-state index contributed by atoms with van der Waals surface area (Å²) in [4.78, 5) is 9.32. The van der Waals surface area contributed by atoms with Crippen LogP contribution in [0, 0.1) is 6.92 Å². The number of methoxy groups -OCH3 is 3. The molecule has 0 N–H and O–H groups in total. The van der Waals surface area contributed by atoms with Crippen molar-refractivity contribution in [2.24, 2.45) is 0 Å². The monoisotopic (exact) mass is 454 g/mol. The Hall–Kier alpha value is -4.33. The molecule has 0 radical (unpaired) electrons. The molecule has 1 unspecified atom stereocenters. The maximum absolute atomic E-state index is 6.46. The van der Waals surface area contributed by atoms with Crippen molar-refractivity contribution in [3.63, 3.8) is 0 Å². The van der Waals surface area contributed by atoms with Crippen LogP contribution in [0.15, 0.2) is 54.9 Å². The number of aromatic nitrogens is 4. The van der Waals surface area contributed by atoms with E-state index >= 15 is 0 Å². The van der Waals surface area contributed by atoms with E-state index in [4.69, 9.17) is 23.9 Å². The van der Waals surface area contributed by atoms with Crippen molar-refractivity contribution in [1.29, 1.82) is 0 Å². The van der Waals surface area contributed by atoms with Crippen molar-refractivity contribution in [2.45, 2.75) is 12.8 Å². The molecule has 2 aromatic heterocycles. The number of hydrogen-bond donors (Lipinski definition) is 0. The zero-order valence-corrected chi connectivity index (χ0v) is 19.2. The Kier molecular flexibility index (Phi) is 4.55. The normalized spacial score (nSPS) is 14.4. The SMILES string of the molecule is COc1ccc(C2c3cc(OC)c4ccccc4c3Oc3ncn4nc(C)nc4c32)c(OC)c1. The van der Waals surface area contributed by atoms with Gasteiger partial charge in [-0.3, -0.25) is 0 Å². The van der Waals surface area contributed by atoms with E-state index in [9.17, 15) is 0 Å². The molecule has 0 fully saturated rings. The van der Waals surface area contributed by atoms with Gasteiger partial charge in [-0.25, -0.2) is 14.5 Å². The molecule has 1 atom stereocenters. The molecule has 1 aliphatic rings. The lowest BCUT2D eigenvalue weighted by Crippen LogP contribution is -2.16. The van der Waals surface area contributed by atoms with E-state index in [0.717, 1.165) is 39.0 Å². The number of rotatable bonds is 4. The summed E-state index contributed by atoms with van der Waals surface area (Å²) >= 11 is 0. The van der Waals surface area contributed by atoms with Crippen LogP contribution in [0.3, 0.4) is 0 Å². The Morgan fingerprint density at radius 1 is 0.882 bits per heavy atom. The Labute approximate surface area is 195 Å². The van der Waals surface area contributed by atoms with E-state index in [1.807, 2.05) is 55.5 Å². The van der Waals surface area contributed by atoms with Gasteiger partial charge in [-0.2, -0.15) is 5.10 Å². The standard InChI is InChI=1S/C26H22N4O4/c1-14-28-25-23-22(18-10-9-15(31-2)11-20(18)32-3)19-12-21(33-4)16-7-5-6-8-17(16)24(19)34-26(23)27-13-30(25)29-14/h5-13,22H,1-4H3. The highest BCUT2D eigenvalue weighted by molar-refractivity contribution is 5.96. The molecular weight excluding hydrogens is 432 g/mol. The lowest BCUT2D eigenvalue weighted by Gasteiger charge is -2.30. The zero-order chi connectivity index (χ0) is 23.4. The quantitative estimate of drug-likeness (QED) is 0.375. The predicted octanol–water partition coefficient (Wildman–Crippen LogP) is 4.90. The van der Waals surface area contributed by atoms with Gasteiger partial charge in [-0.05, 0) is 19.1 Å². The van der Waals surface area contributed by atoms with E-state index in [-0.39, 0.29) is 5.92 Å². The van der Waals surface area contributed by atoms with Crippen LogP contribution in [0.2, 0.25) is 0 Å². The van der Waals surface area contributed by atoms with Gasteiger partial charge in [0.05, 0.1) is 32.8 Å². The third-order valence-electron chi connectivity index (χ3n) is 6.25. The molecule has 0 saturated carbocycles. The molecule has 0 amide bonds. The van der Waals surface area contributed by atoms with Crippen LogP contribution in [0.5, 0.6) is 28.9 Å². The van der Waals surface area contributed by atoms with Crippen LogP contribution >= 0.6 is 0 Å². The number of ether oxygens (including phenoxy) is 4. The largest absolute Gasteiger partial charge is 0.497 e. The van der Waals surface area contributed by atoms with Crippen LogP contribution in [0.25, 0.3) is 16.4 Å². The molecule has 0 bridgehead atoms. The maximum Gasteiger partial charge on any atom is 0.228 e. The molecular formula is C26H22N4O4. The predicted molar refractivity (Wildman–Crippen MR) is 127 cm³/mol. The molecule has 0 aliphatic carbocycles. The molecule has 0 spiro atoms. The van der Waals surface area contributed by atoms with Gasteiger partial charge in [0.25, 0.3) is 0 Å². The van der Waals surface area contributed by atoms with Crippen molar-refractivity contribution in [3.05, 3.63) is 77.4 Å². The third-order valence-corrected chi connectivity index (χ3v) is 6.25. The summed E-state index contributed by atoms with van der Waals surface area (Å²) in [6.45, 7) is 1.86. The third kappa shape index (κ3) is 2.88. The summed E-state index contributed by atoms with van der Waals surface area (Å²) in [7, 11) is 4.97. The van der Waals surface area contributed by atoms with Crippen molar-refractivity contribution in [2.75, 3.05) is 21.3 Å². The van der Waals surface area contributed by atoms with Gasteiger partial charge in [0.15, 0.2) is 5.65 Å². The Bertz CT molecular complexity index is 1580. The number of hydrogen-bond acceptors (Lipinski definition) is 7. The molecule has 3 aromatic carbocycles. The number of nitrogens with zero attached hydrogens (tertiary/aromatic N) is 4. The van der Waals surface area contributed by atoms with E-state index in [1.54, 1.807) is 32.2 Å². The van der Waals surface area contributed by atoms with Gasteiger partial charge in [0, 0.05) is 28.0 Å². The number of aryl methyl sites for hydroxylation is 1. The lowest BCUT2D eigenvalue weighted by atomic mass is 9.82. The van der Waals surface area contributed by atoms with E-state index in [0.29, 0.717) is 28.9 Å². The molecule has 5 aromatic rings. The van der Waals surface area contributed by atoms with Crippen molar-refractivity contribution >= 4 is 16.4 Å². The van der Waals surface area contributed by atoms with Gasteiger partial charge in [-0.15, -0.1) is 0 Å². The molecule has 3 heterocycles. The first kappa shape index (κ1) is 20.3. The van der Waals surface area contributed by atoms with Crippen molar-refractivity contribution in [3.8, 4) is 28.9 Å². The molecule has 8 heteroatoms. The fraction of sp³-hybridized carbons (Fsp3) is 0.192. The minimum Gasteiger partial charge on any atom is -0.497 e. The van der Waals surface area contributed by atoms with Gasteiger partial charge >= 0.3 is 0 Å².